The van der Waals surface area contributed by atoms with Gasteiger partial charge >= 0.3 is 0 Å². The summed E-state index contributed by atoms with van der Waals surface area (Å²) < 4.78 is 1.66. The fourth-order valence-corrected chi connectivity index (χ4v) is 3.33. The summed E-state index contributed by atoms with van der Waals surface area (Å²) in [4.78, 5) is 14.5. The Morgan fingerprint density at radius 2 is 1.65 bits per heavy atom. The van der Waals surface area contributed by atoms with Crippen LogP contribution in [0.4, 0.5) is 0 Å². The van der Waals surface area contributed by atoms with Crippen LogP contribution in [0.3, 0.4) is 0 Å². The second-order valence-electron chi connectivity index (χ2n) is 5.79. The lowest BCUT2D eigenvalue weighted by molar-refractivity contribution is -0.132. The summed E-state index contributed by atoms with van der Waals surface area (Å²) >= 11 is 0. The van der Waals surface area contributed by atoms with E-state index in [1.165, 1.54) is 22.3 Å². The van der Waals surface area contributed by atoms with E-state index in [2.05, 4.69) is 29.4 Å². The normalized spacial score (nSPS) is 12.7. The van der Waals surface area contributed by atoms with Crippen molar-refractivity contribution < 1.29 is 4.79 Å². The van der Waals surface area contributed by atoms with Crippen molar-refractivity contribution in [2.45, 2.75) is 12.6 Å². The molecule has 0 aliphatic heterocycles. The molecule has 1 aliphatic rings. The Morgan fingerprint density at radius 1 is 1.04 bits per heavy atom. The van der Waals surface area contributed by atoms with Crippen LogP contribution in [0.15, 0.2) is 67.0 Å². The molecule has 0 fully saturated rings. The molecule has 23 heavy (non-hydrogen) atoms. The van der Waals surface area contributed by atoms with Gasteiger partial charge in [-0.3, -0.25) is 9.48 Å². The fourth-order valence-electron chi connectivity index (χ4n) is 3.33. The Bertz CT molecular complexity index is 809. The van der Waals surface area contributed by atoms with Gasteiger partial charge < -0.3 is 4.90 Å². The molecule has 4 heteroatoms. The third kappa shape index (κ3) is 2.23. The van der Waals surface area contributed by atoms with Crippen molar-refractivity contribution in [3.05, 3.63) is 78.1 Å². The number of carbonyl (C=O) groups excluding carboxylic acids is 1. The second-order valence-corrected chi connectivity index (χ2v) is 5.79. The maximum Gasteiger partial charge on any atom is 0.244 e. The number of aromatic nitrogens is 2. The van der Waals surface area contributed by atoms with Crippen molar-refractivity contribution in [3.63, 3.8) is 0 Å². The summed E-state index contributed by atoms with van der Waals surface area (Å²) in [6, 6.07) is 18.4. The van der Waals surface area contributed by atoms with Crippen LogP contribution in [0.5, 0.6) is 0 Å². The number of rotatable bonds is 3. The van der Waals surface area contributed by atoms with E-state index in [0.717, 1.165) is 0 Å². The summed E-state index contributed by atoms with van der Waals surface area (Å²) in [5.41, 5.74) is 4.80. The van der Waals surface area contributed by atoms with Crippen molar-refractivity contribution in [1.82, 2.24) is 14.7 Å². The third-order valence-corrected chi connectivity index (χ3v) is 4.44. The molecule has 1 aliphatic carbocycles. The van der Waals surface area contributed by atoms with Gasteiger partial charge in [-0.05, 0) is 28.3 Å². The van der Waals surface area contributed by atoms with Gasteiger partial charge in [-0.25, -0.2) is 0 Å². The van der Waals surface area contributed by atoms with Gasteiger partial charge in [-0.2, -0.15) is 5.10 Å². The molecule has 4 rings (SSSR count). The predicted octanol–water partition coefficient (Wildman–Crippen LogP) is 3.11. The van der Waals surface area contributed by atoms with Crippen LogP contribution in [0, 0.1) is 0 Å². The zero-order valence-corrected chi connectivity index (χ0v) is 12.9. The topological polar surface area (TPSA) is 38.1 Å². The quantitative estimate of drug-likeness (QED) is 0.745. The molecule has 1 amide bonds. The van der Waals surface area contributed by atoms with Crippen molar-refractivity contribution in [3.8, 4) is 11.1 Å². The van der Waals surface area contributed by atoms with Gasteiger partial charge in [0.1, 0.15) is 6.54 Å². The molecule has 0 radical (unpaired) electrons. The molecule has 1 aromatic heterocycles. The van der Waals surface area contributed by atoms with Gasteiger partial charge in [0, 0.05) is 19.4 Å². The van der Waals surface area contributed by atoms with E-state index >= 15 is 0 Å². The first-order valence-electron chi connectivity index (χ1n) is 7.67. The largest absolute Gasteiger partial charge is 0.333 e. The molecular weight excluding hydrogens is 286 g/mol. The number of amides is 1. The lowest BCUT2D eigenvalue weighted by Gasteiger charge is -2.26. The van der Waals surface area contributed by atoms with Gasteiger partial charge in [-0.15, -0.1) is 0 Å². The second kappa shape index (κ2) is 5.39. The number of likely N-dealkylation sites (N-methyl/N-ethyl adjacent to an activating group) is 1. The number of hydrogen-bond acceptors (Lipinski definition) is 2. The van der Waals surface area contributed by atoms with E-state index < -0.39 is 0 Å². The van der Waals surface area contributed by atoms with Crippen LogP contribution in [-0.2, 0) is 11.3 Å². The van der Waals surface area contributed by atoms with Crippen molar-refractivity contribution in [2.24, 2.45) is 0 Å². The summed E-state index contributed by atoms with van der Waals surface area (Å²) in [5.74, 6) is 0.0465. The van der Waals surface area contributed by atoms with Gasteiger partial charge in [0.25, 0.3) is 0 Å². The summed E-state index contributed by atoms with van der Waals surface area (Å²) in [7, 11) is 1.87. The number of benzene rings is 2. The monoisotopic (exact) mass is 303 g/mol. The molecule has 0 saturated carbocycles. The Balaban J connectivity index is 1.72. The van der Waals surface area contributed by atoms with Gasteiger partial charge in [0.2, 0.25) is 5.91 Å². The molecule has 0 unspecified atom stereocenters. The van der Waals surface area contributed by atoms with Crippen LogP contribution in [0.2, 0.25) is 0 Å². The van der Waals surface area contributed by atoms with Gasteiger partial charge in [-0.1, -0.05) is 48.5 Å². The number of hydrogen-bond donors (Lipinski definition) is 0. The Morgan fingerprint density at radius 3 is 2.22 bits per heavy atom. The minimum Gasteiger partial charge on any atom is -0.333 e. The lowest BCUT2D eigenvalue weighted by Crippen LogP contribution is -2.33. The maximum atomic E-state index is 12.7. The van der Waals surface area contributed by atoms with E-state index in [0.29, 0.717) is 0 Å². The molecule has 0 bridgehead atoms. The Hall–Kier alpha value is -2.88. The fraction of sp³-hybridized carbons (Fsp3) is 0.158. The van der Waals surface area contributed by atoms with E-state index in [-0.39, 0.29) is 18.5 Å². The van der Waals surface area contributed by atoms with Crippen LogP contribution < -0.4 is 0 Å². The van der Waals surface area contributed by atoms with E-state index in [4.69, 9.17) is 0 Å². The number of nitrogens with zero attached hydrogens (tertiary/aromatic N) is 3. The molecular formula is C19H17N3O. The Kier molecular flexibility index (Phi) is 3.23. The molecule has 114 valence electrons. The summed E-state index contributed by atoms with van der Waals surface area (Å²) in [6.45, 7) is 0.254. The van der Waals surface area contributed by atoms with E-state index in [1.807, 2.05) is 48.5 Å². The standard InChI is InChI=1S/C19H17N3O/c1-21(18(23)13-22-12-6-11-20-22)19-16-9-4-2-7-14(16)15-8-3-5-10-17(15)19/h2-12,19H,13H2,1H3. The van der Waals surface area contributed by atoms with E-state index in [9.17, 15) is 4.79 Å². The third-order valence-electron chi connectivity index (χ3n) is 4.44. The van der Waals surface area contributed by atoms with Crippen molar-refractivity contribution in [2.75, 3.05) is 7.05 Å². The predicted molar refractivity (Wildman–Crippen MR) is 88.7 cm³/mol. The average Bonchev–Trinajstić information content (AvgIpc) is 3.20. The SMILES string of the molecule is CN(C(=O)Cn1cccn1)C1c2ccccc2-c2ccccc21. The van der Waals surface area contributed by atoms with Crippen LogP contribution in [0.1, 0.15) is 17.2 Å². The molecule has 0 saturated heterocycles. The van der Waals surface area contributed by atoms with Crippen LogP contribution in [0.25, 0.3) is 11.1 Å². The highest BCUT2D eigenvalue weighted by molar-refractivity contribution is 5.83. The lowest BCUT2D eigenvalue weighted by atomic mass is 10.0. The molecule has 1 heterocycles. The first-order valence-corrected chi connectivity index (χ1v) is 7.67. The first kappa shape index (κ1) is 13.8. The van der Waals surface area contributed by atoms with Crippen molar-refractivity contribution >= 4 is 5.91 Å². The molecule has 2 aromatic carbocycles. The zero-order chi connectivity index (χ0) is 15.8. The number of fused-ring (bicyclic) bond motifs is 3. The van der Waals surface area contributed by atoms with Crippen LogP contribution >= 0.6 is 0 Å². The average molecular weight is 303 g/mol. The minimum atomic E-state index is -0.0366. The maximum absolute atomic E-state index is 12.7. The minimum absolute atomic E-state index is 0.0366. The molecule has 0 atom stereocenters. The highest BCUT2D eigenvalue weighted by atomic mass is 16.2. The highest BCUT2D eigenvalue weighted by Crippen LogP contribution is 2.45. The van der Waals surface area contributed by atoms with Gasteiger partial charge in [0.05, 0.1) is 6.04 Å². The first-order chi connectivity index (χ1) is 11.3. The summed E-state index contributed by atoms with van der Waals surface area (Å²) in [6.07, 6.45) is 3.50. The Labute approximate surface area is 135 Å². The molecule has 4 nitrogen and oxygen atoms in total. The molecule has 3 aromatic rings. The number of carbonyl (C=O) groups is 1. The van der Waals surface area contributed by atoms with Gasteiger partial charge in [0.15, 0.2) is 0 Å². The molecule has 0 spiro atoms. The van der Waals surface area contributed by atoms with Crippen LogP contribution in [-0.4, -0.2) is 27.6 Å². The zero-order valence-electron chi connectivity index (χ0n) is 12.9. The smallest absolute Gasteiger partial charge is 0.244 e. The highest BCUT2D eigenvalue weighted by Gasteiger charge is 2.33. The molecule has 0 N–H and O–H groups in total. The van der Waals surface area contributed by atoms with E-state index in [1.54, 1.807) is 10.9 Å². The summed E-state index contributed by atoms with van der Waals surface area (Å²) in [5, 5.41) is 4.12. The van der Waals surface area contributed by atoms with Crippen molar-refractivity contribution in [1.29, 1.82) is 0 Å².